The molecule has 82 valence electrons. The maximum atomic E-state index is 11.3. The third-order valence-corrected chi connectivity index (χ3v) is 1.93. The van der Waals surface area contributed by atoms with E-state index in [2.05, 4.69) is 4.98 Å². The van der Waals surface area contributed by atoms with Crippen LogP contribution in [0, 0.1) is 0 Å². The molecule has 0 amide bonds. The molecule has 0 unspecified atom stereocenters. The van der Waals surface area contributed by atoms with E-state index in [1.807, 2.05) is 24.1 Å². The van der Waals surface area contributed by atoms with Crippen molar-refractivity contribution in [2.24, 2.45) is 0 Å². The molecule has 0 fully saturated rings. The quantitative estimate of drug-likeness (QED) is 0.691. The van der Waals surface area contributed by atoms with Gasteiger partial charge in [0.25, 0.3) is 0 Å². The lowest BCUT2D eigenvalue weighted by molar-refractivity contribution is -0.123. The van der Waals surface area contributed by atoms with E-state index in [1.165, 1.54) is 7.11 Å². The van der Waals surface area contributed by atoms with Crippen molar-refractivity contribution in [3.8, 4) is 0 Å². The topological polar surface area (TPSA) is 42.4 Å². The molecule has 0 aliphatic rings. The van der Waals surface area contributed by atoms with Gasteiger partial charge in [-0.2, -0.15) is 0 Å². The lowest BCUT2D eigenvalue weighted by Crippen LogP contribution is -2.27. The number of hydrogen-bond acceptors (Lipinski definition) is 4. The molecule has 0 radical (unpaired) electrons. The van der Waals surface area contributed by atoms with Crippen molar-refractivity contribution in [2.75, 3.05) is 27.3 Å². The summed E-state index contributed by atoms with van der Waals surface area (Å²) in [5, 5.41) is 0. The number of pyridine rings is 1. The Bertz CT molecular complexity index is 301. The van der Waals surface area contributed by atoms with E-state index < -0.39 is 0 Å². The van der Waals surface area contributed by atoms with Crippen molar-refractivity contribution in [1.82, 2.24) is 9.88 Å². The summed E-state index contributed by atoms with van der Waals surface area (Å²) in [5.74, 6) is 0.0869. The van der Waals surface area contributed by atoms with Crippen LogP contribution in [0.4, 0.5) is 0 Å². The molecule has 1 aromatic rings. The summed E-state index contributed by atoms with van der Waals surface area (Å²) in [7, 11) is 3.43. The number of ether oxygens (including phenoxy) is 1. The van der Waals surface area contributed by atoms with Crippen molar-refractivity contribution in [3.05, 3.63) is 30.1 Å². The number of methoxy groups -OCH3 is 1. The van der Waals surface area contributed by atoms with Crippen LogP contribution in [0.15, 0.2) is 24.5 Å². The fourth-order valence-corrected chi connectivity index (χ4v) is 1.37. The first-order valence-electron chi connectivity index (χ1n) is 4.80. The first-order chi connectivity index (χ1) is 7.22. The molecule has 1 heterocycles. The molecule has 0 aromatic carbocycles. The van der Waals surface area contributed by atoms with Crippen molar-refractivity contribution in [3.63, 3.8) is 0 Å². The molecule has 4 nitrogen and oxygen atoms in total. The number of ketones is 1. The van der Waals surface area contributed by atoms with Gasteiger partial charge < -0.3 is 4.74 Å². The zero-order chi connectivity index (χ0) is 11.1. The fraction of sp³-hybridized carbons (Fsp3) is 0.455. The number of hydrogen-bond donors (Lipinski definition) is 0. The van der Waals surface area contributed by atoms with Gasteiger partial charge in [-0.25, -0.2) is 0 Å². The van der Waals surface area contributed by atoms with Crippen LogP contribution >= 0.6 is 0 Å². The second kappa shape index (κ2) is 6.27. The summed E-state index contributed by atoms with van der Waals surface area (Å²) in [5.41, 5.74) is 1.10. The number of nitrogens with zero attached hydrogens (tertiary/aromatic N) is 2. The Morgan fingerprint density at radius 3 is 3.00 bits per heavy atom. The molecule has 4 heteroatoms. The fourth-order valence-electron chi connectivity index (χ4n) is 1.37. The number of likely N-dealkylation sites (N-methyl/N-ethyl adjacent to an activating group) is 1. The SMILES string of the molecule is COCC(=O)CN(C)Cc1cccnc1. The predicted molar refractivity (Wildman–Crippen MR) is 57.5 cm³/mol. The monoisotopic (exact) mass is 208 g/mol. The normalized spacial score (nSPS) is 10.6. The van der Waals surface area contributed by atoms with Gasteiger partial charge in [-0.3, -0.25) is 14.7 Å². The number of carbonyl (C=O) groups is 1. The lowest BCUT2D eigenvalue weighted by Gasteiger charge is -2.15. The minimum absolute atomic E-state index is 0.0869. The highest BCUT2D eigenvalue weighted by Crippen LogP contribution is 2.00. The van der Waals surface area contributed by atoms with Crippen LogP contribution in [0.3, 0.4) is 0 Å². The Kier molecular flexibility index (Phi) is 4.93. The third kappa shape index (κ3) is 4.67. The lowest BCUT2D eigenvalue weighted by atomic mass is 10.2. The second-order valence-electron chi connectivity index (χ2n) is 3.51. The van der Waals surface area contributed by atoms with Crippen molar-refractivity contribution in [2.45, 2.75) is 6.54 Å². The highest BCUT2D eigenvalue weighted by Gasteiger charge is 2.06. The predicted octanol–water partition coefficient (Wildman–Crippen LogP) is 0.729. The van der Waals surface area contributed by atoms with E-state index in [4.69, 9.17) is 4.74 Å². The minimum atomic E-state index is 0.0869. The van der Waals surface area contributed by atoms with Crippen LogP contribution in [0.5, 0.6) is 0 Å². The molecule has 0 N–H and O–H groups in total. The molecule has 1 rings (SSSR count). The zero-order valence-electron chi connectivity index (χ0n) is 9.14. The maximum absolute atomic E-state index is 11.3. The first kappa shape index (κ1) is 11.8. The van der Waals surface area contributed by atoms with Gasteiger partial charge in [0.2, 0.25) is 0 Å². The summed E-state index contributed by atoms with van der Waals surface area (Å²) >= 11 is 0. The van der Waals surface area contributed by atoms with Gasteiger partial charge in [-0.05, 0) is 18.7 Å². The number of aromatic nitrogens is 1. The van der Waals surface area contributed by atoms with Crippen LogP contribution in [0.1, 0.15) is 5.56 Å². The number of carbonyl (C=O) groups excluding carboxylic acids is 1. The van der Waals surface area contributed by atoms with Gasteiger partial charge >= 0.3 is 0 Å². The Labute approximate surface area is 89.9 Å². The van der Waals surface area contributed by atoms with Gasteiger partial charge in [0.1, 0.15) is 6.61 Å². The summed E-state index contributed by atoms with van der Waals surface area (Å²) in [4.78, 5) is 17.2. The summed E-state index contributed by atoms with van der Waals surface area (Å²) < 4.78 is 4.77. The van der Waals surface area contributed by atoms with Crippen LogP contribution in [-0.2, 0) is 16.1 Å². The van der Waals surface area contributed by atoms with E-state index in [0.29, 0.717) is 6.54 Å². The van der Waals surface area contributed by atoms with Crippen LogP contribution in [0.25, 0.3) is 0 Å². The third-order valence-electron chi connectivity index (χ3n) is 1.93. The molecular formula is C11H16N2O2. The van der Waals surface area contributed by atoms with Crippen LogP contribution in [-0.4, -0.2) is 43.0 Å². The van der Waals surface area contributed by atoms with E-state index in [0.717, 1.165) is 12.1 Å². The largest absolute Gasteiger partial charge is 0.377 e. The van der Waals surface area contributed by atoms with E-state index in [9.17, 15) is 4.79 Å². The van der Waals surface area contributed by atoms with Gasteiger partial charge in [0, 0.05) is 26.0 Å². The molecule has 0 aliphatic carbocycles. The molecule has 0 saturated heterocycles. The zero-order valence-corrected chi connectivity index (χ0v) is 9.14. The van der Waals surface area contributed by atoms with E-state index >= 15 is 0 Å². The average molecular weight is 208 g/mol. The molecule has 0 atom stereocenters. The number of Topliss-reactive ketones (excluding diaryl/α,β-unsaturated/α-hetero) is 1. The highest BCUT2D eigenvalue weighted by atomic mass is 16.5. The van der Waals surface area contributed by atoms with Crippen LogP contribution < -0.4 is 0 Å². The van der Waals surface area contributed by atoms with Gasteiger partial charge in [0.15, 0.2) is 5.78 Å². The molecule has 0 aliphatic heterocycles. The Hall–Kier alpha value is -1.26. The van der Waals surface area contributed by atoms with Gasteiger partial charge in [0.05, 0.1) is 6.54 Å². The first-order valence-corrected chi connectivity index (χ1v) is 4.80. The maximum Gasteiger partial charge on any atom is 0.172 e. The van der Waals surface area contributed by atoms with Crippen molar-refractivity contribution < 1.29 is 9.53 Å². The summed E-state index contributed by atoms with van der Waals surface area (Å²) in [6, 6.07) is 3.88. The molecule has 15 heavy (non-hydrogen) atoms. The Morgan fingerprint density at radius 2 is 2.40 bits per heavy atom. The molecule has 0 saturated carbocycles. The molecule has 1 aromatic heterocycles. The van der Waals surface area contributed by atoms with Crippen molar-refractivity contribution in [1.29, 1.82) is 0 Å². The van der Waals surface area contributed by atoms with Crippen molar-refractivity contribution >= 4 is 5.78 Å². The molecule has 0 spiro atoms. The van der Waals surface area contributed by atoms with E-state index in [1.54, 1.807) is 12.4 Å². The summed E-state index contributed by atoms with van der Waals surface area (Å²) in [6.45, 7) is 1.31. The van der Waals surface area contributed by atoms with E-state index in [-0.39, 0.29) is 12.4 Å². The smallest absolute Gasteiger partial charge is 0.172 e. The Morgan fingerprint density at radius 1 is 1.60 bits per heavy atom. The minimum Gasteiger partial charge on any atom is -0.377 e. The van der Waals surface area contributed by atoms with Gasteiger partial charge in [-0.15, -0.1) is 0 Å². The average Bonchev–Trinajstić information content (AvgIpc) is 2.19. The Balaban J connectivity index is 2.36. The van der Waals surface area contributed by atoms with Gasteiger partial charge in [-0.1, -0.05) is 6.07 Å². The summed E-state index contributed by atoms with van der Waals surface area (Å²) in [6.07, 6.45) is 3.54. The second-order valence-corrected chi connectivity index (χ2v) is 3.51. The molecular weight excluding hydrogens is 192 g/mol. The number of rotatable bonds is 6. The highest BCUT2D eigenvalue weighted by molar-refractivity contribution is 5.81. The van der Waals surface area contributed by atoms with Crippen LogP contribution in [0.2, 0.25) is 0 Å². The molecule has 0 bridgehead atoms. The standard InChI is InChI=1S/C11H16N2O2/c1-13(8-11(14)9-15-2)7-10-4-3-5-12-6-10/h3-6H,7-9H2,1-2H3.